The van der Waals surface area contributed by atoms with Crippen molar-refractivity contribution in [2.75, 3.05) is 6.61 Å². The first-order valence-corrected chi connectivity index (χ1v) is 8.22. The molecule has 25 heavy (non-hydrogen) atoms. The number of rotatable bonds is 6. The minimum Gasteiger partial charge on any atom is -0.483 e. The predicted octanol–water partition coefficient (Wildman–Crippen LogP) is 4.20. The smallest absolute Gasteiger partial charge is 0.277 e. The average molecular weight is 336 g/mol. The molecule has 2 aromatic carbocycles. The quantitative estimate of drug-likeness (QED) is 0.635. The lowest BCUT2D eigenvalue weighted by Gasteiger charge is -2.13. The second-order valence-corrected chi connectivity index (χ2v) is 6.03. The number of hydrazone groups is 1. The Morgan fingerprint density at radius 3 is 2.48 bits per heavy atom. The molecule has 1 N–H and O–H groups in total. The summed E-state index contributed by atoms with van der Waals surface area (Å²) in [6.45, 7) is 7.84. The average Bonchev–Trinajstić information content (AvgIpc) is 2.59. The Morgan fingerprint density at radius 1 is 1.08 bits per heavy atom. The number of hydrogen-bond donors (Lipinski definition) is 1. The minimum atomic E-state index is -0.288. The number of aryl methyl sites for hydroxylation is 2. The molecule has 0 radical (unpaired) electrons. The van der Waals surface area contributed by atoms with Crippen molar-refractivity contribution in [3.63, 3.8) is 0 Å². The molecule has 0 heterocycles. The molecule has 1 amide bonds. The van der Waals surface area contributed by atoms with Crippen molar-refractivity contribution < 1.29 is 9.53 Å². The van der Waals surface area contributed by atoms with Crippen LogP contribution >= 0.6 is 0 Å². The Kier molecular flexibility index (Phi) is 6.52. The number of benzene rings is 2. The molecule has 0 bridgehead atoms. The van der Waals surface area contributed by atoms with Gasteiger partial charge in [-0.2, -0.15) is 5.10 Å². The van der Waals surface area contributed by atoms with Crippen molar-refractivity contribution in [2.45, 2.75) is 27.7 Å². The predicted molar refractivity (Wildman–Crippen MR) is 103 cm³/mol. The zero-order valence-corrected chi connectivity index (χ0v) is 15.2. The summed E-state index contributed by atoms with van der Waals surface area (Å²) in [6, 6.07) is 14.0. The molecule has 0 aliphatic carbocycles. The third kappa shape index (κ3) is 5.60. The lowest BCUT2D eigenvalue weighted by atomic mass is 10.1. The molecule has 0 unspecified atom stereocenters. The largest absolute Gasteiger partial charge is 0.483 e. The number of allylic oxidation sites excluding steroid dienone is 1. The first kappa shape index (κ1) is 18.5. The number of hydrogen-bond acceptors (Lipinski definition) is 3. The highest BCUT2D eigenvalue weighted by Crippen LogP contribution is 2.25. The SMILES string of the molecule is CC(C=NNC(=O)COc1c(C)ccc(C)c1C)=Cc1ccccc1. The number of carbonyl (C=O) groups is 1. The topological polar surface area (TPSA) is 50.7 Å². The maximum atomic E-state index is 11.9. The summed E-state index contributed by atoms with van der Waals surface area (Å²) in [4.78, 5) is 11.9. The van der Waals surface area contributed by atoms with E-state index in [2.05, 4.69) is 10.5 Å². The fourth-order valence-corrected chi connectivity index (χ4v) is 2.37. The summed E-state index contributed by atoms with van der Waals surface area (Å²) in [5, 5.41) is 3.97. The van der Waals surface area contributed by atoms with Crippen LogP contribution in [0.2, 0.25) is 0 Å². The van der Waals surface area contributed by atoms with E-state index in [1.807, 2.05) is 76.2 Å². The minimum absolute atomic E-state index is 0.0656. The Morgan fingerprint density at radius 2 is 1.76 bits per heavy atom. The van der Waals surface area contributed by atoms with Crippen LogP contribution in [-0.4, -0.2) is 18.7 Å². The van der Waals surface area contributed by atoms with Crippen molar-refractivity contribution in [3.8, 4) is 5.75 Å². The lowest BCUT2D eigenvalue weighted by Crippen LogP contribution is -2.25. The highest BCUT2D eigenvalue weighted by molar-refractivity contribution is 5.86. The van der Waals surface area contributed by atoms with Gasteiger partial charge in [0.05, 0.1) is 6.21 Å². The monoisotopic (exact) mass is 336 g/mol. The van der Waals surface area contributed by atoms with Crippen molar-refractivity contribution in [2.24, 2.45) is 5.10 Å². The van der Waals surface area contributed by atoms with E-state index in [9.17, 15) is 4.79 Å². The maximum Gasteiger partial charge on any atom is 0.277 e. The summed E-state index contributed by atoms with van der Waals surface area (Å²) in [6.07, 6.45) is 3.61. The second-order valence-electron chi connectivity index (χ2n) is 6.03. The summed E-state index contributed by atoms with van der Waals surface area (Å²) in [5.74, 6) is 0.475. The first-order valence-electron chi connectivity index (χ1n) is 8.22. The van der Waals surface area contributed by atoms with Gasteiger partial charge in [-0.05, 0) is 55.5 Å². The van der Waals surface area contributed by atoms with Crippen LogP contribution in [0.4, 0.5) is 0 Å². The van der Waals surface area contributed by atoms with Crippen LogP contribution in [0.5, 0.6) is 5.75 Å². The van der Waals surface area contributed by atoms with Gasteiger partial charge in [-0.15, -0.1) is 0 Å². The van der Waals surface area contributed by atoms with E-state index in [-0.39, 0.29) is 12.5 Å². The van der Waals surface area contributed by atoms with Gasteiger partial charge in [-0.25, -0.2) is 5.43 Å². The molecule has 130 valence electrons. The standard InChI is InChI=1S/C21H24N2O2/c1-15(12-19-8-6-5-7-9-19)13-22-23-20(24)14-25-21-17(3)11-10-16(2)18(21)4/h5-13H,14H2,1-4H3,(H,23,24). The van der Waals surface area contributed by atoms with Gasteiger partial charge in [0.25, 0.3) is 5.91 Å². The third-order valence-electron chi connectivity index (χ3n) is 3.87. The van der Waals surface area contributed by atoms with E-state index in [4.69, 9.17) is 4.74 Å². The van der Waals surface area contributed by atoms with Gasteiger partial charge in [-0.3, -0.25) is 4.79 Å². The van der Waals surface area contributed by atoms with Gasteiger partial charge in [0.15, 0.2) is 6.61 Å². The molecule has 4 nitrogen and oxygen atoms in total. The van der Waals surface area contributed by atoms with Crippen molar-refractivity contribution in [1.82, 2.24) is 5.43 Å². The molecule has 4 heteroatoms. The van der Waals surface area contributed by atoms with Gasteiger partial charge >= 0.3 is 0 Å². The van der Waals surface area contributed by atoms with Crippen LogP contribution < -0.4 is 10.2 Å². The van der Waals surface area contributed by atoms with E-state index in [1.165, 1.54) is 0 Å². The van der Waals surface area contributed by atoms with Gasteiger partial charge < -0.3 is 4.74 Å². The fraction of sp³-hybridized carbons (Fsp3) is 0.238. The second kappa shape index (κ2) is 8.83. The molecule has 0 saturated carbocycles. The van der Waals surface area contributed by atoms with Crippen molar-refractivity contribution >= 4 is 18.2 Å². The third-order valence-corrected chi connectivity index (χ3v) is 3.87. The van der Waals surface area contributed by atoms with Crippen molar-refractivity contribution in [3.05, 3.63) is 70.3 Å². The van der Waals surface area contributed by atoms with Gasteiger partial charge in [0.2, 0.25) is 0 Å². The van der Waals surface area contributed by atoms with E-state index in [0.717, 1.165) is 33.6 Å². The van der Waals surface area contributed by atoms with E-state index in [0.29, 0.717) is 0 Å². The zero-order chi connectivity index (χ0) is 18.2. The van der Waals surface area contributed by atoms with E-state index < -0.39 is 0 Å². The Hall–Kier alpha value is -2.88. The number of nitrogens with zero attached hydrogens (tertiary/aromatic N) is 1. The van der Waals surface area contributed by atoms with Gasteiger partial charge in [0, 0.05) is 0 Å². The highest BCUT2D eigenvalue weighted by Gasteiger charge is 2.08. The molecular weight excluding hydrogens is 312 g/mol. The Labute approximate surface area is 149 Å². The summed E-state index contributed by atoms with van der Waals surface area (Å²) in [5.41, 5.74) is 7.73. The summed E-state index contributed by atoms with van der Waals surface area (Å²) in [7, 11) is 0. The molecule has 2 aromatic rings. The maximum absolute atomic E-state index is 11.9. The van der Waals surface area contributed by atoms with Crippen LogP contribution in [0, 0.1) is 20.8 Å². The first-order chi connectivity index (χ1) is 12.0. The highest BCUT2D eigenvalue weighted by atomic mass is 16.5. The number of ether oxygens (including phenoxy) is 1. The van der Waals surface area contributed by atoms with Gasteiger partial charge in [0.1, 0.15) is 5.75 Å². The molecule has 0 aromatic heterocycles. The number of nitrogens with one attached hydrogen (secondary N) is 1. The molecule has 0 saturated heterocycles. The van der Waals surface area contributed by atoms with Crippen LogP contribution in [0.1, 0.15) is 29.2 Å². The zero-order valence-electron chi connectivity index (χ0n) is 15.2. The van der Waals surface area contributed by atoms with Crippen LogP contribution in [0.15, 0.2) is 53.1 Å². The summed E-state index contributed by atoms with van der Waals surface area (Å²) >= 11 is 0. The molecule has 0 aliphatic heterocycles. The Bertz CT molecular complexity index is 793. The molecule has 2 rings (SSSR count). The number of amides is 1. The molecule has 0 atom stereocenters. The number of carbonyl (C=O) groups excluding carboxylic acids is 1. The molecule has 0 spiro atoms. The molecular formula is C21H24N2O2. The lowest BCUT2D eigenvalue weighted by molar-refractivity contribution is -0.123. The van der Waals surface area contributed by atoms with Gasteiger partial charge in [-0.1, -0.05) is 48.5 Å². The summed E-state index contributed by atoms with van der Waals surface area (Å²) < 4.78 is 5.66. The van der Waals surface area contributed by atoms with Crippen LogP contribution in [-0.2, 0) is 4.79 Å². The van der Waals surface area contributed by atoms with Crippen molar-refractivity contribution in [1.29, 1.82) is 0 Å². The Balaban J connectivity index is 1.87. The van der Waals surface area contributed by atoms with Crippen LogP contribution in [0.25, 0.3) is 6.08 Å². The molecule has 0 fully saturated rings. The normalized spacial score (nSPS) is 11.6. The van der Waals surface area contributed by atoms with E-state index in [1.54, 1.807) is 6.21 Å². The molecule has 0 aliphatic rings. The van der Waals surface area contributed by atoms with E-state index >= 15 is 0 Å². The fourth-order valence-electron chi connectivity index (χ4n) is 2.37. The van der Waals surface area contributed by atoms with Crippen LogP contribution in [0.3, 0.4) is 0 Å².